The lowest BCUT2D eigenvalue weighted by atomic mass is 10.1. The van der Waals surface area contributed by atoms with Crippen molar-refractivity contribution in [3.8, 4) is 5.75 Å². The Labute approximate surface area is 109 Å². The van der Waals surface area contributed by atoms with Crippen LogP contribution in [0.1, 0.15) is 25.5 Å². The van der Waals surface area contributed by atoms with E-state index in [9.17, 15) is 5.11 Å². The van der Waals surface area contributed by atoms with Crippen LogP contribution in [0.2, 0.25) is 0 Å². The highest BCUT2D eigenvalue weighted by molar-refractivity contribution is 5.60. The fourth-order valence-electron chi connectivity index (χ4n) is 1.93. The molecule has 1 atom stereocenters. The normalized spacial score (nSPS) is 12.3. The highest BCUT2D eigenvalue weighted by Crippen LogP contribution is 2.33. The second-order valence-corrected chi connectivity index (χ2v) is 4.19. The van der Waals surface area contributed by atoms with E-state index in [1.165, 1.54) is 0 Å². The highest BCUT2D eigenvalue weighted by Gasteiger charge is 2.16. The fourth-order valence-corrected chi connectivity index (χ4v) is 1.93. The van der Waals surface area contributed by atoms with Gasteiger partial charge in [0.2, 0.25) is 0 Å². The van der Waals surface area contributed by atoms with Gasteiger partial charge in [-0.2, -0.15) is 0 Å². The van der Waals surface area contributed by atoms with Crippen molar-refractivity contribution in [2.45, 2.75) is 20.0 Å². The number of hydrogen-bond donors (Lipinski definition) is 1. The van der Waals surface area contributed by atoms with Crippen LogP contribution in [0.3, 0.4) is 0 Å². The molecule has 1 rings (SSSR count). The smallest absolute Gasteiger partial charge is 0.126 e. The Balaban J connectivity index is 2.92. The van der Waals surface area contributed by atoms with Gasteiger partial charge in [0.15, 0.2) is 0 Å². The van der Waals surface area contributed by atoms with Crippen LogP contribution in [0.5, 0.6) is 5.75 Å². The topological polar surface area (TPSA) is 41.9 Å². The molecule has 0 saturated heterocycles. The molecule has 4 nitrogen and oxygen atoms in total. The molecule has 4 heteroatoms. The summed E-state index contributed by atoms with van der Waals surface area (Å²) in [5.74, 6) is 0.714. The van der Waals surface area contributed by atoms with Gasteiger partial charge in [0, 0.05) is 31.5 Å². The third-order valence-electron chi connectivity index (χ3n) is 2.87. The molecule has 0 bridgehead atoms. The molecule has 102 valence electrons. The minimum Gasteiger partial charge on any atom is -0.496 e. The molecule has 0 aromatic heterocycles. The molecule has 0 aliphatic heterocycles. The van der Waals surface area contributed by atoms with E-state index in [2.05, 4.69) is 4.90 Å². The van der Waals surface area contributed by atoms with Gasteiger partial charge >= 0.3 is 0 Å². The number of likely N-dealkylation sites (N-methyl/N-ethyl adjacent to an activating group) is 1. The molecule has 0 aliphatic rings. The van der Waals surface area contributed by atoms with E-state index in [4.69, 9.17) is 9.47 Å². The number of hydrogen-bond acceptors (Lipinski definition) is 4. The SMILES string of the molecule is CCOCCN(C)c1cccc(OC)c1[C@H](C)O. The maximum absolute atomic E-state index is 9.90. The van der Waals surface area contributed by atoms with E-state index in [1.807, 2.05) is 32.2 Å². The summed E-state index contributed by atoms with van der Waals surface area (Å²) in [4.78, 5) is 2.07. The van der Waals surface area contributed by atoms with Crippen LogP contribution in [-0.4, -0.2) is 39.0 Å². The van der Waals surface area contributed by atoms with Crippen molar-refractivity contribution in [1.29, 1.82) is 0 Å². The molecular weight excluding hydrogens is 230 g/mol. The van der Waals surface area contributed by atoms with Gasteiger partial charge in [-0.3, -0.25) is 0 Å². The number of methoxy groups -OCH3 is 1. The van der Waals surface area contributed by atoms with Gasteiger partial charge in [-0.15, -0.1) is 0 Å². The van der Waals surface area contributed by atoms with Crippen molar-refractivity contribution in [3.05, 3.63) is 23.8 Å². The Bertz CT molecular complexity index is 366. The van der Waals surface area contributed by atoms with E-state index >= 15 is 0 Å². The van der Waals surface area contributed by atoms with Crippen LogP contribution >= 0.6 is 0 Å². The predicted octanol–water partition coefficient (Wildman–Crippen LogP) is 2.22. The minimum absolute atomic E-state index is 0.564. The number of aliphatic hydroxyl groups is 1. The third kappa shape index (κ3) is 3.62. The maximum atomic E-state index is 9.90. The summed E-state index contributed by atoms with van der Waals surface area (Å²) >= 11 is 0. The summed E-state index contributed by atoms with van der Waals surface area (Å²) in [5.41, 5.74) is 1.79. The Morgan fingerprint density at radius 1 is 1.39 bits per heavy atom. The van der Waals surface area contributed by atoms with Crippen molar-refractivity contribution >= 4 is 5.69 Å². The second-order valence-electron chi connectivity index (χ2n) is 4.19. The first kappa shape index (κ1) is 14.8. The lowest BCUT2D eigenvalue weighted by Crippen LogP contribution is -2.24. The Kier molecular flexibility index (Phi) is 5.95. The lowest BCUT2D eigenvalue weighted by molar-refractivity contribution is 0.154. The molecule has 0 heterocycles. The van der Waals surface area contributed by atoms with Crippen molar-refractivity contribution in [1.82, 2.24) is 0 Å². The van der Waals surface area contributed by atoms with Crippen molar-refractivity contribution in [3.63, 3.8) is 0 Å². The summed E-state index contributed by atoms with van der Waals surface area (Å²) in [7, 11) is 3.60. The number of nitrogens with zero attached hydrogens (tertiary/aromatic N) is 1. The van der Waals surface area contributed by atoms with Crippen LogP contribution in [0.4, 0.5) is 5.69 Å². The van der Waals surface area contributed by atoms with E-state index in [1.54, 1.807) is 14.0 Å². The van der Waals surface area contributed by atoms with Crippen molar-refractivity contribution < 1.29 is 14.6 Å². The molecular formula is C14H23NO3. The largest absolute Gasteiger partial charge is 0.496 e. The van der Waals surface area contributed by atoms with Crippen LogP contribution in [0.15, 0.2) is 18.2 Å². The summed E-state index contributed by atoms with van der Waals surface area (Å²) in [6, 6.07) is 5.77. The first-order valence-corrected chi connectivity index (χ1v) is 6.25. The summed E-state index contributed by atoms with van der Waals surface area (Å²) in [5, 5.41) is 9.90. The molecule has 0 amide bonds. The molecule has 1 aromatic carbocycles. The molecule has 0 radical (unpaired) electrons. The van der Waals surface area contributed by atoms with Crippen molar-refractivity contribution in [2.24, 2.45) is 0 Å². The number of aliphatic hydroxyl groups excluding tert-OH is 1. The Morgan fingerprint density at radius 3 is 2.67 bits per heavy atom. The number of ether oxygens (including phenoxy) is 2. The number of benzene rings is 1. The zero-order valence-corrected chi connectivity index (χ0v) is 11.6. The first-order valence-electron chi connectivity index (χ1n) is 6.25. The van der Waals surface area contributed by atoms with E-state index < -0.39 is 6.10 Å². The zero-order chi connectivity index (χ0) is 13.5. The summed E-state index contributed by atoms with van der Waals surface area (Å²) in [6.45, 7) is 5.89. The van der Waals surface area contributed by atoms with Gasteiger partial charge in [0.1, 0.15) is 5.75 Å². The lowest BCUT2D eigenvalue weighted by Gasteiger charge is -2.25. The summed E-state index contributed by atoms with van der Waals surface area (Å²) in [6.07, 6.45) is -0.564. The van der Waals surface area contributed by atoms with Crippen LogP contribution < -0.4 is 9.64 Å². The van der Waals surface area contributed by atoms with Crippen molar-refractivity contribution in [2.75, 3.05) is 38.8 Å². The molecule has 0 spiro atoms. The standard InChI is InChI=1S/C14H23NO3/c1-5-18-10-9-15(3)12-7-6-8-13(17-4)14(12)11(2)16/h6-8,11,16H,5,9-10H2,1-4H3/t11-/m0/s1. The maximum Gasteiger partial charge on any atom is 0.126 e. The first-order chi connectivity index (χ1) is 8.61. The molecule has 0 unspecified atom stereocenters. The molecule has 0 saturated carbocycles. The Hall–Kier alpha value is -1.26. The number of anilines is 1. The molecule has 1 N–H and O–H groups in total. The molecule has 0 fully saturated rings. The highest BCUT2D eigenvalue weighted by atomic mass is 16.5. The molecule has 1 aromatic rings. The Morgan fingerprint density at radius 2 is 2.11 bits per heavy atom. The van der Waals surface area contributed by atoms with Gasteiger partial charge in [0.05, 0.1) is 19.8 Å². The average Bonchev–Trinajstić information content (AvgIpc) is 2.37. The van der Waals surface area contributed by atoms with Crippen LogP contribution in [-0.2, 0) is 4.74 Å². The van der Waals surface area contributed by atoms with E-state index in [-0.39, 0.29) is 0 Å². The van der Waals surface area contributed by atoms with Gasteiger partial charge in [-0.25, -0.2) is 0 Å². The monoisotopic (exact) mass is 253 g/mol. The zero-order valence-electron chi connectivity index (χ0n) is 11.6. The molecule has 18 heavy (non-hydrogen) atoms. The van der Waals surface area contributed by atoms with E-state index in [0.29, 0.717) is 12.4 Å². The van der Waals surface area contributed by atoms with Crippen LogP contribution in [0.25, 0.3) is 0 Å². The second kappa shape index (κ2) is 7.24. The predicted molar refractivity (Wildman–Crippen MR) is 73.4 cm³/mol. The fraction of sp³-hybridized carbons (Fsp3) is 0.571. The van der Waals surface area contributed by atoms with Gasteiger partial charge in [0.25, 0.3) is 0 Å². The quantitative estimate of drug-likeness (QED) is 0.757. The van der Waals surface area contributed by atoms with Gasteiger partial charge in [-0.1, -0.05) is 6.07 Å². The van der Waals surface area contributed by atoms with Gasteiger partial charge < -0.3 is 19.5 Å². The molecule has 0 aliphatic carbocycles. The van der Waals surface area contributed by atoms with E-state index in [0.717, 1.165) is 24.4 Å². The minimum atomic E-state index is -0.564. The number of rotatable bonds is 7. The average molecular weight is 253 g/mol. The summed E-state index contributed by atoms with van der Waals surface area (Å²) < 4.78 is 10.7. The third-order valence-corrected chi connectivity index (χ3v) is 2.87. The van der Waals surface area contributed by atoms with Crippen LogP contribution in [0, 0.1) is 0 Å². The van der Waals surface area contributed by atoms with Gasteiger partial charge in [-0.05, 0) is 26.0 Å².